The number of aromatic nitrogens is 3. The molecule has 7 heteroatoms. The summed E-state index contributed by atoms with van der Waals surface area (Å²) >= 11 is 1.27. The van der Waals surface area contributed by atoms with Crippen molar-refractivity contribution in [2.45, 2.75) is 31.3 Å². The molecule has 0 unspecified atom stereocenters. The number of carbonyl (C=O) groups excluding carboxylic acids is 1. The molecule has 1 amide bonds. The first kappa shape index (κ1) is 19.9. The summed E-state index contributed by atoms with van der Waals surface area (Å²) in [6, 6.07) is 18.1. The molecule has 28 heavy (non-hydrogen) atoms. The number of hydrogen-bond acceptors (Lipinski definition) is 5. The molecule has 1 heterocycles. The van der Waals surface area contributed by atoms with Gasteiger partial charge in [0.15, 0.2) is 5.82 Å². The molecule has 0 bridgehead atoms. The fourth-order valence-electron chi connectivity index (χ4n) is 2.76. The predicted octanol–water partition coefficient (Wildman–Crippen LogP) is 3.23. The molecule has 0 radical (unpaired) electrons. The van der Waals surface area contributed by atoms with Crippen LogP contribution in [0.1, 0.15) is 30.9 Å². The second-order valence-electron chi connectivity index (χ2n) is 6.83. The Morgan fingerprint density at radius 2 is 1.82 bits per heavy atom. The Bertz CT molecular complexity index is 906. The number of rotatable bonds is 8. The van der Waals surface area contributed by atoms with Crippen LogP contribution in [0.5, 0.6) is 0 Å². The van der Waals surface area contributed by atoms with Crippen molar-refractivity contribution in [1.82, 2.24) is 20.2 Å². The third-order valence-electron chi connectivity index (χ3n) is 4.41. The average molecular weight is 396 g/mol. The van der Waals surface area contributed by atoms with E-state index in [9.17, 15) is 4.79 Å². The molecule has 0 spiro atoms. The summed E-state index contributed by atoms with van der Waals surface area (Å²) in [5, 5.41) is 11.7. The maximum atomic E-state index is 12.1. The number of thioether (sulfide) groups is 1. The largest absolute Gasteiger partial charge is 0.355 e. The summed E-state index contributed by atoms with van der Waals surface area (Å²) in [5.41, 5.74) is 3.42. The molecule has 3 rings (SSSR count). The van der Waals surface area contributed by atoms with Crippen LogP contribution in [0.15, 0.2) is 59.8 Å². The Balaban J connectivity index is 1.45. The second-order valence-corrected chi connectivity index (χ2v) is 7.77. The Morgan fingerprint density at radius 3 is 2.50 bits per heavy atom. The lowest BCUT2D eigenvalue weighted by Crippen LogP contribution is -2.27. The number of nitrogens with two attached hydrogens (primary N) is 1. The fourth-order valence-corrected chi connectivity index (χ4v) is 3.44. The molecule has 3 aromatic rings. The van der Waals surface area contributed by atoms with Crippen molar-refractivity contribution in [3.05, 3.63) is 65.7 Å². The number of nitrogen functional groups attached to an aromatic ring is 1. The van der Waals surface area contributed by atoms with Gasteiger partial charge in [0, 0.05) is 12.1 Å². The zero-order chi connectivity index (χ0) is 19.9. The minimum atomic E-state index is -0.0481. The number of hydrogen-bond donors (Lipinski definition) is 2. The van der Waals surface area contributed by atoms with Crippen LogP contribution in [0.4, 0.5) is 0 Å². The van der Waals surface area contributed by atoms with Crippen molar-refractivity contribution in [1.29, 1.82) is 0 Å². The van der Waals surface area contributed by atoms with Crippen LogP contribution in [0, 0.1) is 0 Å². The average Bonchev–Trinajstić information content (AvgIpc) is 3.08. The van der Waals surface area contributed by atoms with Crippen molar-refractivity contribution in [2.24, 2.45) is 0 Å². The first-order chi connectivity index (χ1) is 13.5. The van der Waals surface area contributed by atoms with Crippen LogP contribution in [-0.4, -0.2) is 33.1 Å². The highest BCUT2D eigenvalue weighted by Gasteiger charge is 2.13. The van der Waals surface area contributed by atoms with Gasteiger partial charge >= 0.3 is 0 Å². The summed E-state index contributed by atoms with van der Waals surface area (Å²) in [6.07, 6.45) is 0.806. The maximum Gasteiger partial charge on any atom is 0.230 e. The van der Waals surface area contributed by atoms with Gasteiger partial charge in [0.2, 0.25) is 11.1 Å². The highest BCUT2D eigenvalue weighted by Crippen LogP contribution is 2.21. The van der Waals surface area contributed by atoms with E-state index in [1.165, 1.54) is 27.6 Å². The number of amides is 1. The molecular weight excluding hydrogens is 370 g/mol. The molecule has 0 saturated heterocycles. The van der Waals surface area contributed by atoms with Crippen molar-refractivity contribution < 1.29 is 4.79 Å². The second kappa shape index (κ2) is 9.41. The normalized spacial score (nSPS) is 11.0. The van der Waals surface area contributed by atoms with Crippen molar-refractivity contribution >= 4 is 17.7 Å². The number of nitrogens with one attached hydrogen (secondary N) is 1. The highest BCUT2D eigenvalue weighted by molar-refractivity contribution is 7.99. The minimum Gasteiger partial charge on any atom is -0.355 e. The Morgan fingerprint density at radius 1 is 1.11 bits per heavy atom. The molecule has 0 atom stereocenters. The SMILES string of the molecule is CC(C)c1ccc(CCNC(=O)CSc2nnc(-c3ccccc3)n2N)cc1. The Hall–Kier alpha value is -2.80. The summed E-state index contributed by atoms with van der Waals surface area (Å²) in [5.74, 6) is 7.37. The lowest BCUT2D eigenvalue weighted by atomic mass is 10.0. The van der Waals surface area contributed by atoms with Gasteiger partial charge in [-0.2, -0.15) is 0 Å². The Kier molecular flexibility index (Phi) is 6.71. The van der Waals surface area contributed by atoms with Crippen LogP contribution in [-0.2, 0) is 11.2 Å². The lowest BCUT2D eigenvalue weighted by Gasteiger charge is -2.08. The van der Waals surface area contributed by atoms with E-state index in [0.29, 0.717) is 23.4 Å². The van der Waals surface area contributed by atoms with E-state index in [2.05, 4.69) is 53.6 Å². The van der Waals surface area contributed by atoms with Gasteiger partial charge in [-0.3, -0.25) is 4.79 Å². The molecule has 146 valence electrons. The smallest absolute Gasteiger partial charge is 0.230 e. The Labute approximate surface area is 169 Å². The zero-order valence-electron chi connectivity index (χ0n) is 16.1. The minimum absolute atomic E-state index is 0.0481. The van der Waals surface area contributed by atoms with Gasteiger partial charge in [-0.15, -0.1) is 10.2 Å². The predicted molar refractivity (Wildman–Crippen MR) is 114 cm³/mol. The monoisotopic (exact) mass is 395 g/mol. The van der Waals surface area contributed by atoms with E-state index in [1.54, 1.807) is 0 Å². The summed E-state index contributed by atoms with van der Waals surface area (Å²) in [4.78, 5) is 12.1. The van der Waals surface area contributed by atoms with Crippen molar-refractivity contribution in [3.63, 3.8) is 0 Å². The number of carbonyl (C=O) groups is 1. The standard InChI is InChI=1S/C21H25N5OS/c1-15(2)17-10-8-16(9-11-17)12-13-23-19(27)14-28-21-25-24-20(26(21)22)18-6-4-3-5-7-18/h3-11,15H,12-14,22H2,1-2H3,(H,23,27). The quantitative estimate of drug-likeness (QED) is 0.452. The van der Waals surface area contributed by atoms with Gasteiger partial charge in [0.1, 0.15) is 0 Å². The van der Waals surface area contributed by atoms with Gasteiger partial charge in [0.05, 0.1) is 5.75 Å². The van der Waals surface area contributed by atoms with E-state index < -0.39 is 0 Å². The third kappa shape index (κ3) is 5.13. The van der Waals surface area contributed by atoms with Crippen molar-refractivity contribution in [3.8, 4) is 11.4 Å². The molecule has 0 aliphatic carbocycles. The van der Waals surface area contributed by atoms with Gasteiger partial charge in [-0.05, 0) is 23.5 Å². The van der Waals surface area contributed by atoms with Crippen molar-refractivity contribution in [2.75, 3.05) is 18.1 Å². The van der Waals surface area contributed by atoms with Gasteiger partial charge in [0.25, 0.3) is 0 Å². The van der Waals surface area contributed by atoms with E-state index >= 15 is 0 Å². The van der Waals surface area contributed by atoms with Gasteiger partial charge in [-0.1, -0.05) is 80.2 Å². The van der Waals surface area contributed by atoms with E-state index in [4.69, 9.17) is 5.84 Å². The number of nitrogens with zero attached hydrogens (tertiary/aromatic N) is 3. The van der Waals surface area contributed by atoms with Crippen LogP contribution in [0.25, 0.3) is 11.4 Å². The molecule has 3 N–H and O–H groups in total. The molecule has 6 nitrogen and oxygen atoms in total. The molecule has 0 fully saturated rings. The summed E-state index contributed by atoms with van der Waals surface area (Å²) in [6.45, 7) is 4.96. The lowest BCUT2D eigenvalue weighted by molar-refractivity contribution is -0.118. The molecule has 1 aromatic heterocycles. The number of benzene rings is 2. The molecule has 2 aromatic carbocycles. The zero-order valence-corrected chi connectivity index (χ0v) is 16.9. The fraction of sp³-hybridized carbons (Fsp3) is 0.286. The third-order valence-corrected chi connectivity index (χ3v) is 5.35. The maximum absolute atomic E-state index is 12.1. The summed E-state index contributed by atoms with van der Waals surface area (Å²) < 4.78 is 1.42. The topological polar surface area (TPSA) is 85.8 Å². The first-order valence-electron chi connectivity index (χ1n) is 9.29. The molecular formula is C21H25N5OS. The van der Waals surface area contributed by atoms with E-state index in [0.717, 1.165) is 12.0 Å². The van der Waals surface area contributed by atoms with E-state index in [-0.39, 0.29) is 11.7 Å². The first-order valence-corrected chi connectivity index (χ1v) is 10.3. The van der Waals surface area contributed by atoms with Gasteiger partial charge in [-0.25, -0.2) is 4.68 Å². The molecule has 0 aliphatic rings. The van der Waals surface area contributed by atoms with E-state index in [1.807, 2.05) is 30.3 Å². The van der Waals surface area contributed by atoms with Crippen LogP contribution < -0.4 is 11.2 Å². The van der Waals surface area contributed by atoms with Crippen LogP contribution in [0.3, 0.4) is 0 Å². The summed E-state index contributed by atoms with van der Waals surface area (Å²) in [7, 11) is 0. The van der Waals surface area contributed by atoms with Crippen LogP contribution in [0.2, 0.25) is 0 Å². The van der Waals surface area contributed by atoms with Gasteiger partial charge < -0.3 is 11.2 Å². The van der Waals surface area contributed by atoms with Crippen LogP contribution >= 0.6 is 11.8 Å². The highest BCUT2D eigenvalue weighted by atomic mass is 32.2. The molecule has 0 aliphatic heterocycles. The molecule has 0 saturated carbocycles.